The molecule has 10 heavy (non-hydrogen) atoms. The first kappa shape index (κ1) is 7.13. The van der Waals surface area contributed by atoms with E-state index in [2.05, 4.69) is 30.7 Å². The molecule has 54 valence electrons. The van der Waals surface area contributed by atoms with E-state index in [0.717, 1.165) is 12.8 Å². The molecule has 0 saturated carbocycles. The van der Waals surface area contributed by atoms with Gasteiger partial charge in [-0.2, -0.15) is 0 Å². The predicted octanol–water partition coefficient (Wildman–Crippen LogP) is 2.31. The average Bonchev–Trinajstić information content (AvgIpc) is 2.37. The monoisotopic (exact) mass is 135 g/mol. The van der Waals surface area contributed by atoms with Crippen molar-refractivity contribution in [3.05, 3.63) is 36.2 Å². The summed E-state index contributed by atoms with van der Waals surface area (Å²) < 4.78 is 0. The summed E-state index contributed by atoms with van der Waals surface area (Å²) in [6.45, 7) is 5.82. The molecular weight excluding hydrogens is 122 g/mol. The van der Waals surface area contributed by atoms with Gasteiger partial charge in [0, 0.05) is 18.3 Å². The molecule has 0 fully saturated rings. The van der Waals surface area contributed by atoms with Crippen LogP contribution in [0.15, 0.2) is 24.9 Å². The second kappa shape index (κ2) is 3.25. The molecule has 0 bridgehead atoms. The van der Waals surface area contributed by atoms with Gasteiger partial charge < -0.3 is 4.98 Å². The van der Waals surface area contributed by atoms with Crippen molar-refractivity contribution in [2.24, 2.45) is 0 Å². The molecule has 0 aliphatic carbocycles. The fourth-order valence-corrected chi connectivity index (χ4v) is 0.970. The first-order valence-electron chi connectivity index (χ1n) is 3.64. The van der Waals surface area contributed by atoms with Crippen molar-refractivity contribution in [2.45, 2.75) is 19.8 Å². The summed E-state index contributed by atoms with van der Waals surface area (Å²) >= 11 is 0. The normalized spacial score (nSPS) is 9.70. The number of H-pyrrole nitrogens is 1. The average molecular weight is 135 g/mol. The molecule has 0 amide bonds. The molecule has 0 aliphatic heterocycles. The van der Waals surface area contributed by atoms with Crippen LogP contribution in [0.3, 0.4) is 0 Å². The van der Waals surface area contributed by atoms with Gasteiger partial charge in [-0.25, -0.2) is 0 Å². The lowest BCUT2D eigenvalue weighted by molar-refractivity contribution is 1.14. The van der Waals surface area contributed by atoms with E-state index in [4.69, 9.17) is 0 Å². The lowest BCUT2D eigenvalue weighted by Gasteiger charge is -1.85. The fourth-order valence-electron chi connectivity index (χ4n) is 0.970. The van der Waals surface area contributed by atoms with E-state index in [1.54, 1.807) is 0 Å². The van der Waals surface area contributed by atoms with Crippen LogP contribution in [-0.2, 0) is 12.8 Å². The SMILES string of the molecule is C=CCc1cc(CC)c[nH]1. The second-order valence-corrected chi connectivity index (χ2v) is 2.38. The van der Waals surface area contributed by atoms with E-state index in [1.807, 2.05) is 6.08 Å². The van der Waals surface area contributed by atoms with Crippen molar-refractivity contribution in [3.63, 3.8) is 0 Å². The lowest BCUT2D eigenvalue weighted by atomic mass is 10.2. The zero-order valence-corrected chi connectivity index (χ0v) is 6.35. The standard InChI is InChI=1S/C9H13N/c1-3-5-9-6-8(4-2)7-10-9/h3,6-7,10H,1,4-5H2,2H3. The van der Waals surface area contributed by atoms with E-state index >= 15 is 0 Å². The summed E-state index contributed by atoms with van der Waals surface area (Å²) in [5.74, 6) is 0. The Bertz CT molecular complexity index is 210. The Morgan fingerprint density at radius 2 is 2.50 bits per heavy atom. The molecule has 0 saturated heterocycles. The molecule has 1 aromatic rings. The molecule has 1 heterocycles. The van der Waals surface area contributed by atoms with Crippen LogP contribution >= 0.6 is 0 Å². The Morgan fingerprint density at radius 1 is 1.70 bits per heavy atom. The molecule has 0 atom stereocenters. The third-order valence-electron chi connectivity index (χ3n) is 1.58. The third kappa shape index (κ3) is 1.50. The van der Waals surface area contributed by atoms with Crippen molar-refractivity contribution in [1.29, 1.82) is 0 Å². The lowest BCUT2D eigenvalue weighted by Crippen LogP contribution is -1.76. The van der Waals surface area contributed by atoms with Crippen LogP contribution in [-0.4, -0.2) is 4.98 Å². The summed E-state index contributed by atoms with van der Waals surface area (Å²) in [6.07, 6.45) is 6.01. The number of nitrogens with one attached hydrogen (secondary N) is 1. The maximum atomic E-state index is 3.67. The van der Waals surface area contributed by atoms with Crippen molar-refractivity contribution in [1.82, 2.24) is 4.98 Å². The Kier molecular flexibility index (Phi) is 2.32. The minimum Gasteiger partial charge on any atom is -0.364 e. The van der Waals surface area contributed by atoms with Gasteiger partial charge >= 0.3 is 0 Å². The minimum absolute atomic E-state index is 0.944. The Morgan fingerprint density at radius 3 is 3.00 bits per heavy atom. The zero-order chi connectivity index (χ0) is 7.40. The van der Waals surface area contributed by atoms with Gasteiger partial charge in [-0.05, 0) is 18.1 Å². The van der Waals surface area contributed by atoms with Gasteiger partial charge in [0.1, 0.15) is 0 Å². The van der Waals surface area contributed by atoms with E-state index < -0.39 is 0 Å². The first-order chi connectivity index (χ1) is 4.86. The molecule has 0 unspecified atom stereocenters. The fraction of sp³-hybridized carbons (Fsp3) is 0.333. The van der Waals surface area contributed by atoms with Gasteiger partial charge in [-0.1, -0.05) is 13.0 Å². The van der Waals surface area contributed by atoms with E-state index in [0.29, 0.717) is 0 Å². The molecule has 0 aromatic carbocycles. The second-order valence-electron chi connectivity index (χ2n) is 2.38. The van der Waals surface area contributed by atoms with Crippen LogP contribution < -0.4 is 0 Å². The number of aryl methyl sites for hydroxylation is 1. The van der Waals surface area contributed by atoms with E-state index in [9.17, 15) is 0 Å². The topological polar surface area (TPSA) is 15.8 Å². The highest BCUT2D eigenvalue weighted by Crippen LogP contribution is 2.04. The number of hydrogen-bond donors (Lipinski definition) is 1. The van der Waals surface area contributed by atoms with Gasteiger partial charge in [-0.15, -0.1) is 6.58 Å². The van der Waals surface area contributed by atoms with Gasteiger partial charge in [0.25, 0.3) is 0 Å². The van der Waals surface area contributed by atoms with Crippen LogP contribution in [0.1, 0.15) is 18.2 Å². The summed E-state index contributed by atoms with van der Waals surface area (Å²) in [7, 11) is 0. The van der Waals surface area contributed by atoms with Crippen LogP contribution in [0.5, 0.6) is 0 Å². The molecule has 0 radical (unpaired) electrons. The molecule has 1 heteroatoms. The van der Waals surface area contributed by atoms with Gasteiger partial charge in [0.2, 0.25) is 0 Å². The smallest absolute Gasteiger partial charge is 0.0188 e. The molecule has 0 aliphatic rings. The maximum Gasteiger partial charge on any atom is 0.0188 e. The van der Waals surface area contributed by atoms with Gasteiger partial charge in [-0.3, -0.25) is 0 Å². The molecule has 1 aromatic heterocycles. The molecular formula is C9H13N. The summed E-state index contributed by atoms with van der Waals surface area (Å²) in [5, 5.41) is 0. The highest BCUT2D eigenvalue weighted by atomic mass is 14.7. The summed E-state index contributed by atoms with van der Waals surface area (Å²) in [6, 6.07) is 2.18. The van der Waals surface area contributed by atoms with Crippen LogP contribution in [0.2, 0.25) is 0 Å². The Balaban J connectivity index is 2.67. The van der Waals surface area contributed by atoms with E-state index in [1.165, 1.54) is 11.3 Å². The number of aromatic amines is 1. The molecule has 0 spiro atoms. The number of allylic oxidation sites excluding steroid dienone is 1. The summed E-state index contributed by atoms with van der Waals surface area (Å²) in [5.41, 5.74) is 2.63. The highest BCUT2D eigenvalue weighted by molar-refractivity contribution is 5.17. The van der Waals surface area contributed by atoms with Crippen LogP contribution in [0.4, 0.5) is 0 Å². The van der Waals surface area contributed by atoms with Crippen molar-refractivity contribution in [2.75, 3.05) is 0 Å². The minimum atomic E-state index is 0.944. The van der Waals surface area contributed by atoms with Crippen LogP contribution in [0.25, 0.3) is 0 Å². The predicted molar refractivity (Wildman–Crippen MR) is 44.1 cm³/mol. The van der Waals surface area contributed by atoms with Crippen molar-refractivity contribution < 1.29 is 0 Å². The molecule has 1 nitrogen and oxygen atoms in total. The molecule has 1 rings (SSSR count). The van der Waals surface area contributed by atoms with Gasteiger partial charge in [0.05, 0.1) is 0 Å². The molecule has 1 N–H and O–H groups in total. The van der Waals surface area contributed by atoms with Gasteiger partial charge in [0.15, 0.2) is 0 Å². The highest BCUT2D eigenvalue weighted by Gasteiger charge is 1.92. The van der Waals surface area contributed by atoms with E-state index in [-0.39, 0.29) is 0 Å². The quantitative estimate of drug-likeness (QED) is 0.612. The first-order valence-corrected chi connectivity index (χ1v) is 3.64. The largest absolute Gasteiger partial charge is 0.364 e. The number of aromatic nitrogens is 1. The third-order valence-corrected chi connectivity index (χ3v) is 1.58. The number of hydrogen-bond acceptors (Lipinski definition) is 0. The maximum absolute atomic E-state index is 3.67. The zero-order valence-electron chi connectivity index (χ0n) is 6.35. The van der Waals surface area contributed by atoms with Crippen molar-refractivity contribution >= 4 is 0 Å². The Labute approximate surface area is 61.8 Å². The van der Waals surface area contributed by atoms with Crippen LogP contribution in [0, 0.1) is 0 Å². The number of rotatable bonds is 3. The Hall–Kier alpha value is -0.980. The van der Waals surface area contributed by atoms with Crippen molar-refractivity contribution in [3.8, 4) is 0 Å². The summed E-state index contributed by atoms with van der Waals surface area (Å²) in [4.78, 5) is 3.19.